The van der Waals surface area contributed by atoms with Crippen molar-refractivity contribution in [2.24, 2.45) is 0 Å². The van der Waals surface area contributed by atoms with Gasteiger partial charge in [-0.05, 0) is 0 Å². The Morgan fingerprint density at radius 3 is 2.10 bits per heavy atom. The first-order valence-corrected chi connectivity index (χ1v) is 7.38. The summed E-state index contributed by atoms with van der Waals surface area (Å²) in [4.78, 5) is 0. The van der Waals surface area contributed by atoms with Gasteiger partial charge in [-0.3, -0.25) is 0 Å². The van der Waals surface area contributed by atoms with Crippen LogP contribution in [-0.2, 0) is 12.3 Å². The molecule has 1 unspecified atom stereocenters. The van der Waals surface area contributed by atoms with Crippen molar-refractivity contribution >= 4 is 28.1 Å². The van der Waals surface area contributed by atoms with Crippen molar-refractivity contribution in [3.05, 3.63) is 0 Å². The second-order valence-electron chi connectivity index (χ2n) is 1.81. The van der Waals surface area contributed by atoms with Gasteiger partial charge in [0.25, 0.3) is 10.0 Å². The van der Waals surface area contributed by atoms with E-state index in [2.05, 4.69) is 12.3 Å². The molecular formula is CH5F3O3Si3. The van der Waals surface area contributed by atoms with E-state index in [1.165, 1.54) is 0 Å². The lowest BCUT2D eigenvalue weighted by molar-refractivity contribution is 0.145. The van der Waals surface area contributed by atoms with Gasteiger partial charge in [0.2, 0.25) is 0 Å². The van der Waals surface area contributed by atoms with Gasteiger partial charge in [0.1, 0.15) is 0 Å². The highest BCUT2D eigenvalue weighted by molar-refractivity contribution is 6.77. The van der Waals surface area contributed by atoms with E-state index >= 15 is 0 Å². The Morgan fingerprint density at radius 1 is 1.20 bits per heavy atom. The topological polar surface area (TPSA) is 27.7 Å². The monoisotopic (exact) mass is 206 g/mol. The first-order valence-electron chi connectivity index (χ1n) is 2.46. The minimum absolute atomic E-state index is 0.934. The van der Waals surface area contributed by atoms with Crippen molar-refractivity contribution < 1.29 is 24.7 Å². The summed E-state index contributed by atoms with van der Waals surface area (Å²) in [6.45, 7) is 0.934. The molecule has 10 heavy (non-hydrogen) atoms. The van der Waals surface area contributed by atoms with E-state index in [9.17, 15) is 12.3 Å². The van der Waals surface area contributed by atoms with Crippen molar-refractivity contribution in [2.45, 2.75) is 6.55 Å². The van der Waals surface area contributed by atoms with Crippen LogP contribution in [0.1, 0.15) is 0 Å². The Bertz CT molecular complexity index is 125. The smallest absolute Gasteiger partial charge is 0.396 e. The third kappa shape index (κ3) is 2.17. The van der Waals surface area contributed by atoms with Crippen LogP contribution in [0.25, 0.3) is 0 Å². The molecule has 0 aromatic rings. The molecule has 0 N–H and O–H groups in total. The summed E-state index contributed by atoms with van der Waals surface area (Å²) >= 11 is 0. The predicted molar refractivity (Wildman–Crippen MR) is 32.5 cm³/mol. The average Bonchev–Trinajstić information content (AvgIpc) is 1.56. The van der Waals surface area contributed by atoms with Crippen molar-refractivity contribution in [3.8, 4) is 0 Å². The van der Waals surface area contributed by atoms with Gasteiger partial charge < -0.3 is 12.3 Å². The summed E-state index contributed by atoms with van der Waals surface area (Å²) in [5.74, 6) is 0. The summed E-state index contributed by atoms with van der Waals surface area (Å²) in [6, 6.07) is 0. The van der Waals surface area contributed by atoms with Gasteiger partial charge in [-0.25, -0.2) is 12.3 Å². The molecule has 1 atom stereocenters. The standard InChI is InChI=1S/CH5F3O3Si3/c1-9(2)5-8-6-10(3,4)7-9/h8H2,1H3. The van der Waals surface area contributed by atoms with Crippen LogP contribution >= 0.6 is 0 Å². The molecule has 0 aliphatic carbocycles. The van der Waals surface area contributed by atoms with Crippen LogP contribution in [0.2, 0.25) is 6.55 Å². The highest BCUT2D eigenvalue weighted by Gasteiger charge is 2.56. The molecule has 0 saturated carbocycles. The SMILES string of the molecule is C[Si]1(F)O[SiH2]O[Si](F)(F)O1. The minimum atomic E-state index is -5.10. The molecule has 60 valence electrons. The van der Waals surface area contributed by atoms with Crippen LogP contribution < -0.4 is 0 Å². The van der Waals surface area contributed by atoms with Crippen LogP contribution in [0.4, 0.5) is 12.3 Å². The molecule has 1 heterocycles. The summed E-state index contributed by atoms with van der Waals surface area (Å²) < 4.78 is 48.8. The van der Waals surface area contributed by atoms with E-state index in [-0.39, 0.29) is 0 Å². The zero-order chi connectivity index (χ0) is 7.83. The van der Waals surface area contributed by atoms with E-state index < -0.39 is 28.1 Å². The van der Waals surface area contributed by atoms with Gasteiger partial charge in [-0.1, -0.05) is 0 Å². The number of halogens is 3. The van der Waals surface area contributed by atoms with Crippen LogP contribution in [-0.4, -0.2) is 28.1 Å². The fourth-order valence-electron chi connectivity index (χ4n) is 0.474. The fourth-order valence-corrected chi connectivity index (χ4v) is 5.86. The molecule has 1 rings (SSSR count). The molecule has 0 spiro atoms. The van der Waals surface area contributed by atoms with Crippen LogP contribution in [0.3, 0.4) is 0 Å². The first kappa shape index (κ1) is 8.42. The molecular weight excluding hydrogens is 201 g/mol. The first-order chi connectivity index (χ1) is 4.41. The molecule has 0 bridgehead atoms. The third-order valence-corrected chi connectivity index (χ3v) is 7.60. The van der Waals surface area contributed by atoms with E-state index in [1.807, 2.05) is 0 Å². The van der Waals surface area contributed by atoms with Crippen LogP contribution in [0, 0.1) is 0 Å². The summed E-state index contributed by atoms with van der Waals surface area (Å²) in [7, 11) is -10.9. The third-order valence-electron chi connectivity index (χ3n) is 0.845. The molecule has 1 aliphatic heterocycles. The van der Waals surface area contributed by atoms with Crippen molar-refractivity contribution in [1.29, 1.82) is 0 Å². The lowest BCUT2D eigenvalue weighted by Crippen LogP contribution is -2.53. The highest BCUT2D eigenvalue weighted by Crippen LogP contribution is 2.23. The number of rotatable bonds is 0. The Morgan fingerprint density at radius 2 is 1.80 bits per heavy atom. The van der Waals surface area contributed by atoms with Crippen molar-refractivity contribution in [3.63, 3.8) is 0 Å². The second kappa shape index (κ2) is 2.42. The Labute approximate surface area is 60.2 Å². The summed E-state index contributed by atoms with van der Waals surface area (Å²) in [5, 5.41) is 0. The maximum absolute atomic E-state index is 12.6. The molecule has 1 fully saturated rings. The normalized spacial score (nSPS) is 42.0. The van der Waals surface area contributed by atoms with Gasteiger partial charge in [-0.15, -0.1) is 0 Å². The largest absolute Gasteiger partial charge is 0.744 e. The van der Waals surface area contributed by atoms with Crippen LogP contribution in [0.5, 0.6) is 0 Å². The molecule has 0 amide bonds. The van der Waals surface area contributed by atoms with E-state index in [1.54, 1.807) is 0 Å². The van der Waals surface area contributed by atoms with Gasteiger partial charge in [-0.2, -0.15) is 0 Å². The molecule has 0 aromatic carbocycles. The average molecular weight is 206 g/mol. The van der Waals surface area contributed by atoms with Crippen molar-refractivity contribution in [1.82, 2.24) is 0 Å². The van der Waals surface area contributed by atoms with E-state index in [0.29, 0.717) is 0 Å². The van der Waals surface area contributed by atoms with Crippen LogP contribution in [0.15, 0.2) is 0 Å². The highest BCUT2D eigenvalue weighted by atomic mass is 28.6. The van der Waals surface area contributed by atoms with E-state index in [4.69, 9.17) is 0 Å². The predicted octanol–water partition coefficient (Wildman–Crippen LogP) is -0.0386. The summed E-state index contributed by atoms with van der Waals surface area (Å²) in [5.41, 5.74) is 0. The maximum Gasteiger partial charge on any atom is 0.744 e. The number of hydrogen-bond acceptors (Lipinski definition) is 3. The van der Waals surface area contributed by atoms with Gasteiger partial charge >= 0.3 is 18.1 Å². The molecule has 1 aliphatic rings. The molecule has 0 radical (unpaired) electrons. The lowest BCUT2D eigenvalue weighted by atomic mass is 11.9. The molecule has 3 nitrogen and oxygen atoms in total. The Hall–Kier alpha value is 0.321. The maximum atomic E-state index is 12.6. The lowest BCUT2D eigenvalue weighted by Gasteiger charge is -2.27. The molecule has 9 heteroatoms. The Balaban J connectivity index is 2.56. The van der Waals surface area contributed by atoms with Gasteiger partial charge in [0.15, 0.2) is 0 Å². The second-order valence-corrected chi connectivity index (χ2v) is 7.76. The quantitative estimate of drug-likeness (QED) is 0.411. The zero-order valence-corrected chi connectivity index (χ0v) is 8.48. The zero-order valence-electron chi connectivity index (χ0n) is 5.07. The fraction of sp³-hybridized carbons (Fsp3) is 1.00. The molecule has 1 saturated heterocycles. The Kier molecular flexibility index (Phi) is 2.04. The van der Waals surface area contributed by atoms with Crippen molar-refractivity contribution in [2.75, 3.05) is 0 Å². The minimum Gasteiger partial charge on any atom is -0.396 e. The number of hydrogen-bond donors (Lipinski definition) is 0. The molecule has 0 aromatic heterocycles. The van der Waals surface area contributed by atoms with Gasteiger partial charge in [0.05, 0.1) is 0 Å². The van der Waals surface area contributed by atoms with E-state index in [0.717, 1.165) is 6.55 Å². The van der Waals surface area contributed by atoms with Gasteiger partial charge in [0, 0.05) is 6.55 Å². The summed E-state index contributed by atoms with van der Waals surface area (Å²) in [6.07, 6.45) is 0.